The first-order valence-electron chi connectivity index (χ1n) is 11.2. The number of hydrogen-bond acceptors (Lipinski definition) is 8. The highest BCUT2D eigenvalue weighted by Gasteiger charge is 2.24. The van der Waals surface area contributed by atoms with Crippen LogP contribution in [0.2, 0.25) is 0 Å². The third-order valence-electron chi connectivity index (χ3n) is 5.92. The van der Waals surface area contributed by atoms with Crippen LogP contribution in [0.25, 0.3) is 5.69 Å². The van der Waals surface area contributed by atoms with Gasteiger partial charge in [0.1, 0.15) is 6.26 Å². The average Bonchev–Trinajstić information content (AvgIpc) is 3.54. The van der Waals surface area contributed by atoms with Crippen molar-refractivity contribution in [3.05, 3.63) is 77.9 Å². The maximum Gasteiger partial charge on any atom is 0.254 e. The van der Waals surface area contributed by atoms with Gasteiger partial charge in [0.25, 0.3) is 11.9 Å². The third-order valence-corrected chi connectivity index (χ3v) is 5.92. The first-order chi connectivity index (χ1) is 16.6. The SMILES string of the molecule is CN1CCN(C(=O)c2ccc(-n3nc(N(Cc4ccccc4)C4=COCO4)nc3N)cc2)CC1. The Bertz CT molecular complexity index is 1170. The molecule has 1 aromatic heterocycles. The molecule has 0 spiro atoms. The van der Waals surface area contributed by atoms with Gasteiger partial charge in [-0.2, -0.15) is 9.67 Å². The molecule has 176 valence electrons. The fourth-order valence-electron chi connectivity index (χ4n) is 3.94. The molecule has 1 fully saturated rings. The molecule has 1 saturated heterocycles. The highest BCUT2D eigenvalue weighted by atomic mass is 16.7. The minimum absolute atomic E-state index is 0.0336. The number of aromatic nitrogens is 3. The predicted octanol–water partition coefficient (Wildman–Crippen LogP) is 2.05. The van der Waals surface area contributed by atoms with Crippen LogP contribution in [0.5, 0.6) is 0 Å². The van der Waals surface area contributed by atoms with E-state index in [-0.39, 0.29) is 18.6 Å². The molecule has 0 radical (unpaired) electrons. The Balaban J connectivity index is 1.37. The largest absolute Gasteiger partial charge is 0.459 e. The molecule has 0 atom stereocenters. The zero-order valence-corrected chi connectivity index (χ0v) is 19.0. The van der Waals surface area contributed by atoms with Crippen molar-refractivity contribution in [2.75, 3.05) is 50.7 Å². The number of nitrogen functional groups attached to an aromatic ring is 1. The van der Waals surface area contributed by atoms with Crippen LogP contribution in [0.4, 0.5) is 11.9 Å². The van der Waals surface area contributed by atoms with Gasteiger partial charge >= 0.3 is 0 Å². The van der Waals surface area contributed by atoms with E-state index in [2.05, 4.69) is 22.0 Å². The molecule has 1 amide bonds. The lowest BCUT2D eigenvalue weighted by Gasteiger charge is -2.32. The van der Waals surface area contributed by atoms with Gasteiger partial charge in [-0.3, -0.25) is 9.69 Å². The van der Waals surface area contributed by atoms with Crippen LogP contribution in [-0.2, 0) is 16.0 Å². The van der Waals surface area contributed by atoms with Crippen molar-refractivity contribution in [2.45, 2.75) is 6.54 Å². The molecule has 2 aliphatic rings. The molecule has 2 N–H and O–H groups in total. The predicted molar refractivity (Wildman–Crippen MR) is 127 cm³/mol. The molecule has 0 unspecified atom stereocenters. The van der Waals surface area contributed by atoms with Gasteiger partial charge in [0.2, 0.25) is 18.6 Å². The molecule has 2 aliphatic heterocycles. The number of carbonyl (C=O) groups is 1. The van der Waals surface area contributed by atoms with E-state index in [1.165, 1.54) is 0 Å². The average molecular weight is 462 g/mol. The lowest BCUT2D eigenvalue weighted by molar-refractivity contribution is 0.0664. The van der Waals surface area contributed by atoms with Crippen LogP contribution in [0.15, 0.2) is 66.7 Å². The van der Waals surface area contributed by atoms with Crippen LogP contribution < -0.4 is 10.6 Å². The van der Waals surface area contributed by atoms with Crippen molar-refractivity contribution in [1.29, 1.82) is 0 Å². The van der Waals surface area contributed by atoms with Gasteiger partial charge in [-0.15, -0.1) is 5.10 Å². The summed E-state index contributed by atoms with van der Waals surface area (Å²) in [6, 6.07) is 17.2. The smallest absolute Gasteiger partial charge is 0.254 e. The summed E-state index contributed by atoms with van der Waals surface area (Å²) in [6.45, 7) is 3.85. The summed E-state index contributed by atoms with van der Waals surface area (Å²) in [7, 11) is 2.07. The van der Waals surface area contributed by atoms with E-state index in [0.717, 1.165) is 31.7 Å². The van der Waals surface area contributed by atoms with E-state index in [1.54, 1.807) is 28.0 Å². The topological polar surface area (TPSA) is 102 Å². The van der Waals surface area contributed by atoms with Crippen molar-refractivity contribution in [3.63, 3.8) is 0 Å². The van der Waals surface area contributed by atoms with E-state index in [4.69, 9.17) is 15.2 Å². The summed E-state index contributed by atoms with van der Waals surface area (Å²) in [5.41, 5.74) is 8.63. The minimum Gasteiger partial charge on any atom is -0.459 e. The Morgan fingerprint density at radius 2 is 1.79 bits per heavy atom. The fourth-order valence-corrected chi connectivity index (χ4v) is 3.94. The number of carbonyl (C=O) groups excluding carboxylic acids is 1. The van der Waals surface area contributed by atoms with Crippen molar-refractivity contribution >= 4 is 17.8 Å². The normalized spacial score (nSPS) is 16.0. The number of nitrogens with zero attached hydrogens (tertiary/aromatic N) is 6. The van der Waals surface area contributed by atoms with Crippen LogP contribution in [0, 0.1) is 0 Å². The summed E-state index contributed by atoms with van der Waals surface area (Å²) in [5, 5.41) is 4.62. The maximum absolute atomic E-state index is 12.8. The zero-order valence-electron chi connectivity index (χ0n) is 19.0. The van der Waals surface area contributed by atoms with E-state index in [9.17, 15) is 4.79 Å². The second-order valence-electron chi connectivity index (χ2n) is 8.28. The summed E-state index contributed by atoms with van der Waals surface area (Å²) in [4.78, 5) is 23.2. The Hall–Kier alpha value is -4.05. The van der Waals surface area contributed by atoms with Gasteiger partial charge in [-0.1, -0.05) is 30.3 Å². The molecule has 0 bridgehead atoms. The summed E-state index contributed by atoms with van der Waals surface area (Å²) in [6.07, 6.45) is 1.54. The van der Waals surface area contributed by atoms with Crippen LogP contribution in [0.1, 0.15) is 15.9 Å². The highest BCUT2D eigenvalue weighted by molar-refractivity contribution is 5.94. The van der Waals surface area contributed by atoms with Gasteiger partial charge in [0.15, 0.2) is 0 Å². The van der Waals surface area contributed by atoms with E-state index in [0.29, 0.717) is 29.6 Å². The lowest BCUT2D eigenvalue weighted by atomic mass is 10.1. The number of amides is 1. The maximum atomic E-state index is 12.8. The summed E-state index contributed by atoms with van der Waals surface area (Å²) >= 11 is 0. The Morgan fingerprint density at radius 1 is 1.06 bits per heavy atom. The monoisotopic (exact) mass is 461 g/mol. The standard InChI is InChI=1S/C24H27N7O3/c1-28-11-13-29(14-12-28)22(32)19-7-9-20(10-8-19)31-23(25)26-24(27-31)30(21-16-33-17-34-21)15-18-5-3-2-4-6-18/h2-10,16H,11-15,17H2,1H3,(H2,25,26,27). The minimum atomic E-state index is 0.0336. The Kier molecular flexibility index (Phi) is 6.05. The molecule has 2 aromatic carbocycles. The Labute approximate surface area is 197 Å². The molecule has 0 saturated carbocycles. The number of likely N-dealkylation sites (N-methyl/N-ethyl adjacent to an activating group) is 1. The zero-order chi connectivity index (χ0) is 23.5. The Morgan fingerprint density at radius 3 is 2.47 bits per heavy atom. The molecule has 3 aromatic rings. The second kappa shape index (κ2) is 9.44. The third kappa shape index (κ3) is 4.53. The molecule has 5 rings (SSSR count). The van der Waals surface area contributed by atoms with Gasteiger partial charge in [0.05, 0.1) is 12.2 Å². The summed E-state index contributed by atoms with van der Waals surface area (Å²) in [5.74, 6) is 1.15. The molecule has 3 heterocycles. The summed E-state index contributed by atoms with van der Waals surface area (Å²) < 4.78 is 12.4. The first kappa shape index (κ1) is 21.8. The van der Waals surface area contributed by atoms with Gasteiger partial charge in [0, 0.05) is 31.7 Å². The molecule has 34 heavy (non-hydrogen) atoms. The van der Waals surface area contributed by atoms with Gasteiger partial charge < -0.3 is 25.0 Å². The highest BCUT2D eigenvalue weighted by Crippen LogP contribution is 2.25. The van der Waals surface area contributed by atoms with Gasteiger partial charge in [-0.05, 0) is 36.9 Å². The van der Waals surface area contributed by atoms with Crippen molar-refractivity contribution in [3.8, 4) is 5.69 Å². The van der Waals surface area contributed by atoms with Crippen LogP contribution in [0.3, 0.4) is 0 Å². The quantitative estimate of drug-likeness (QED) is 0.595. The van der Waals surface area contributed by atoms with Crippen molar-refractivity contribution < 1.29 is 14.3 Å². The number of anilines is 2. The van der Waals surface area contributed by atoms with E-state index in [1.807, 2.05) is 47.4 Å². The number of ether oxygens (including phenoxy) is 2. The van der Waals surface area contributed by atoms with E-state index >= 15 is 0 Å². The fraction of sp³-hybridized carbons (Fsp3) is 0.292. The molecule has 10 heteroatoms. The van der Waals surface area contributed by atoms with Crippen molar-refractivity contribution in [1.82, 2.24) is 24.6 Å². The van der Waals surface area contributed by atoms with Crippen LogP contribution in [-0.4, -0.2) is 70.5 Å². The number of benzene rings is 2. The molecular formula is C24H27N7O3. The second-order valence-corrected chi connectivity index (χ2v) is 8.28. The lowest BCUT2D eigenvalue weighted by Crippen LogP contribution is -2.47. The van der Waals surface area contributed by atoms with Crippen LogP contribution >= 0.6 is 0 Å². The first-order valence-corrected chi connectivity index (χ1v) is 11.2. The number of piperazine rings is 1. The molecular weight excluding hydrogens is 434 g/mol. The van der Waals surface area contributed by atoms with Crippen molar-refractivity contribution in [2.24, 2.45) is 0 Å². The molecule has 0 aliphatic carbocycles. The number of nitrogens with two attached hydrogens (primary N) is 1. The van der Waals surface area contributed by atoms with Gasteiger partial charge in [-0.25, -0.2) is 0 Å². The number of rotatable bonds is 6. The van der Waals surface area contributed by atoms with E-state index < -0.39 is 0 Å². The molecule has 10 nitrogen and oxygen atoms in total. The number of hydrogen-bond donors (Lipinski definition) is 1.